The van der Waals surface area contributed by atoms with Crippen LogP contribution in [0.25, 0.3) is 0 Å². The lowest BCUT2D eigenvalue weighted by Gasteiger charge is -2.35. The predicted molar refractivity (Wildman–Crippen MR) is 81.6 cm³/mol. The molecule has 0 aliphatic carbocycles. The molecule has 1 heterocycles. The number of ether oxygens (including phenoxy) is 2. The standard InChI is InChI=1S/C16H23N3O2/c1-14(13-17)19-9-7-18(8-10-19)11-12-21-16-5-3-15(20-2)4-6-16/h3-6,14H,7-12H2,1-2H3. The van der Waals surface area contributed by atoms with Crippen LogP contribution in [0.5, 0.6) is 11.5 Å². The van der Waals surface area contributed by atoms with E-state index in [2.05, 4.69) is 15.9 Å². The Hall–Kier alpha value is -1.77. The van der Waals surface area contributed by atoms with Gasteiger partial charge >= 0.3 is 0 Å². The van der Waals surface area contributed by atoms with Crippen molar-refractivity contribution >= 4 is 0 Å². The van der Waals surface area contributed by atoms with Crippen LogP contribution in [0.2, 0.25) is 0 Å². The van der Waals surface area contributed by atoms with Gasteiger partial charge in [-0.15, -0.1) is 0 Å². The van der Waals surface area contributed by atoms with Gasteiger partial charge in [-0.2, -0.15) is 5.26 Å². The third kappa shape index (κ3) is 4.62. The van der Waals surface area contributed by atoms with Gasteiger partial charge in [-0.1, -0.05) is 0 Å². The molecular formula is C16H23N3O2. The van der Waals surface area contributed by atoms with Crippen LogP contribution in [0, 0.1) is 11.3 Å². The number of hydrogen-bond acceptors (Lipinski definition) is 5. The maximum atomic E-state index is 8.92. The van der Waals surface area contributed by atoms with Crippen LogP contribution < -0.4 is 9.47 Å². The molecule has 2 rings (SSSR count). The van der Waals surface area contributed by atoms with Gasteiger partial charge in [-0.25, -0.2) is 0 Å². The van der Waals surface area contributed by atoms with Crippen molar-refractivity contribution in [1.29, 1.82) is 5.26 Å². The molecule has 0 N–H and O–H groups in total. The van der Waals surface area contributed by atoms with Crippen LogP contribution in [0.15, 0.2) is 24.3 Å². The fourth-order valence-electron chi connectivity index (χ4n) is 2.42. The predicted octanol–water partition coefficient (Wildman–Crippen LogP) is 1.60. The first-order valence-electron chi connectivity index (χ1n) is 7.36. The highest BCUT2D eigenvalue weighted by Crippen LogP contribution is 2.17. The van der Waals surface area contributed by atoms with Gasteiger partial charge in [-0.3, -0.25) is 9.80 Å². The van der Waals surface area contributed by atoms with Gasteiger partial charge in [0, 0.05) is 32.7 Å². The van der Waals surface area contributed by atoms with E-state index in [1.54, 1.807) is 7.11 Å². The molecule has 0 amide bonds. The summed E-state index contributed by atoms with van der Waals surface area (Å²) in [6, 6.07) is 9.96. The van der Waals surface area contributed by atoms with Crippen LogP contribution in [0.1, 0.15) is 6.92 Å². The van der Waals surface area contributed by atoms with Crippen LogP contribution in [0.3, 0.4) is 0 Å². The molecule has 5 nitrogen and oxygen atoms in total. The van der Waals surface area contributed by atoms with Gasteiger partial charge in [0.25, 0.3) is 0 Å². The van der Waals surface area contributed by atoms with E-state index < -0.39 is 0 Å². The zero-order valence-electron chi connectivity index (χ0n) is 12.8. The van der Waals surface area contributed by atoms with E-state index in [9.17, 15) is 0 Å². The molecule has 1 aliphatic heterocycles. The summed E-state index contributed by atoms with van der Waals surface area (Å²) in [6.45, 7) is 7.47. The van der Waals surface area contributed by atoms with Gasteiger partial charge < -0.3 is 9.47 Å². The summed E-state index contributed by atoms with van der Waals surface area (Å²) in [5.74, 6) is 1.71. The largest absolute Gasteiger partial charge is 0.497 e. The highest BCUT2D eigenvalue weighted by Gasteiger charge is 2.20. The number of nitrogens with zero attached hydrogens (tertiary/aromatic N) is 3. The summed E-state index contributed by atoms with van der Waals surface area (Å²) < 4.78 is 10.9. The van der Waals surface area contributed by atoms with E-state index in [0.717, 1.165) is 44.2 Å². The Morgan fingerprint density at radius 3 is 2.33 bits per heavy atom. The average molecular weight is 289 g/mol. The van der Waals surface area contributed by atoms with E-state index in [-0.39, 0.29) is 6.04 Å². The highest BCUT2D eigenvalue weighted by atomic mass is 16.5. The molecule has 0 spiro atoms. The Labute approximate surface area is 126 Å². The van der Waals surface area contributed by atoms with E-state index in [1.807, 2.05) is 31.2 Å². The molecule has 5 heteroatoms. The first-order valence-corrected chi connectivity index (χ1v) is 7.36. The number of rotatable bonds is 6. The second kappa shape index (κ2) is 7.87. The quantitative estimate of drug-likeness (QED) is 0.796. The Kier molecular flexibility index (Phi) is 5.85. The van der Waals surface area contributed by atoms with E-state index >= 15 is 0 Å². The van der Waals surface area contributed by atoms with Gasteiger partial charge in [0.2, 0.25) is 0 Å². The Morgan fingerprint density at radius 1 is 1.14 bits per heavy atom. The van der Waals surface area contributed by atoms with E-state index in [0.29, 0.717) is 6.61 Å². The first-order chi connectivity index (χ1) is 10.2. The smallest absolute Gasteiger partial charge is 0.119 e. The zero-order valence-corrected chi connectivity index (χ0v) is 12.8. The fourth-order valence-corrected chi connectivity index (χ4v) is 2.42. The lowest BCUT2D eigenvalue weighted by Crippen LogP contribution is -2.50. The number of methoxy groups -OCH3 is 1. The van der Waals surface area contributed by atoms with Crippen LogP contribution in [0.4, 0.5) is 0 Å². The topological polar surface area (TPSA) is 48.7 Å². The summed E-state index contributed by atoms with van der Waals surface area (Å²) in [5, 5.41) is 8.92. The van der Waals surface area contributed by atoms with Crippen molar-refractivity contribution in [2.24, 2.45) is 0 Å². The molecule has 0 aromatic heterocycles. The summed E-state index contributed by atoms with van der Waals surface area (Å²) in [6.07, 6.45) is 0. The van der Waals surface area contributed by atoms with Crippen LogP contribution in [-0.2, 0) is 0 Å². The van der Waals surface area contributed by atoms with Gasteiger partial charge in [0.05, 0.1) is 19.2 Å². The van der Waals surface area contributed by atoms with Crippen LogP contribution in [-0.4, -0.2) is 62.3 Å². The van der Waals surface area contributed by atoms with Crippen molar-refractivity contribution in [2.45, 2.75) is 13.0 Å². The van der Waals surface area contributed by atoms with Crippen molar-refractivity contribution in [2.75, 3.05) is 46.4 Å². The lowest BCUT2D eigenvalue weighted by atomic mass is 10.2. The molecule has 1 aromatic carbocycles. The first kappa shape index (κ1) is 15.6. The van der Waals surface area contributed by atoms with Crippen molar-refractivity contribution in [1.82, 2.24) is 9.80 Å². The van der Waals surface area contributed by atoms with Crippen molar-refractivity contribution in [3.63, 3.8) is 0 Å². The Morgan fingerprint density at radius 2 is 1.76 bits per heavy atom. The summed E-state index contributed by atoms with van der Waals surface area (Å²) in [7, 11) is 1.66. The second-order valence-corrected chi connectivity index (χ2v) is 5.21. The van der Waals surface area contributed by atoms with Crippen molar-refractivity contribution in [3.05, 3.63) is 24.3 Å². The second-order valence-electron chi connectivity index (χ2n) is 5.21. The number of benzene rings is 1. The summed E-state index contributed by atoms with van der Waals surface area (Å²) >= 11 is 0. The fraction of sp³-hybridized carbons (Fsp3) is 0.562. The number of piperazine rings is 1. The molecule has 1 atom stereocenters. The van der Waals surface area contributed by atoms with E-state index in [1.165, 1.54) is 0 Å². The molecule has 0 bridgehead atoms. The minimum absolute atomic E-state index is 0.0164. The van der Waals surface area contributed by atoms with E-state index in [4.69, 9.17) is 14.7 Å². The molecule has 114 valence electrons. The third-order valence-corrected chi connectivity index (χ3v) is 3.88. The zero-order chi connectivity index (χ0) is 15.1. The molecular weight excluding hydrogens is 266 g/mol. The lowest BCUT2D eigenvalue weighted by molar-refractivity contribution is 0.106. The minimum atomic E-state index is 0.0164. The Balaban J connectivity index is 1.67. The molecule has 1 fully saturated rings. The van der Waals surface area contributed by atoms with Gasteiger partial charge in [0.1, 0.15) is 18.1 Å². The maximum Gasteiger partial charge on any atom is 0.119 e. The molecule has 1 unspecified atom stereocenters. The number of nitriles is 1. The summed E-state index contributed by atoms with van der Waals surface area (Å²) in [5.41, 5.74) is 0. The maximum absolute atomic E-state index is 8.92. The van der Waals surface area contributed by atoms with Gasteiger partial charge in [0.15, 0.2) is 0 Å². The van der Waals surface area contributed by atoms with Crippen molar-refractivity contribution in [3.8, 4) is 17.6 Å². The SMILES string of the molecule is COc1ccc(OCCN2CCN(C(C)C#N)CC2)cc1. The Bertz CT molecular complexity index is 461. The average Bonchev–Trinajstić information content (AvgIpc) is 2.55. The normalized spacial score (nSPS) is 18.0. The number of hydrogen-bond donors (Lipinski definition) is 0. The minimum Gasteiger partial charge on any atom is -0.497 e. The summed E-state index contributed by atoms with van der Waals surface area (Å²) in [4.78, 5) is 4.60. The monoisotopic (exact) mass is 289 g/mol. The molecule has 1 aromatic rings. The molecule has 1 saturated heterocycles. The molecule has 0 radical (unpaired) electrons. The highest BCUT2D eigenvalue weighted by molar-refractivity contribution is 5.31. The van der Waals surface area contributed by atoms with Crippen molar-refractivity contribution < 1.29 is 9.47 Å². The molecule has 1 aliphatic rings. The third-order valence-electron chi connectivity index (χ3n) is 3.88. The van der Waals surface area contributed by atoms with Gasteiger partial charge in [-0.05, 0) is 31.2 Å². The van der Waals surface area contributed by atoms with Crippen LogP contribution >= 0.6 is 0 Å². The molecule has 21 heavy (non-hydrogen) atoms. The molecule has 0 saturated carbocycles.